The Bertz CT molecular complexity index is 448. The molecule has 0 saturated carbocycles. The number of hydrogen-bond acceptors (Lipinski definition) is 6. The summed E-state index contributed by atoms with van der Waals surface area (Å²) in [6.07, 6.45) is -4.69. The third-order valence-corrected chi connectivity index (χ3v) is 2.64. The molecule has 1 aromatic heterocycles. The van der Waals surface area contributed by atoms with E-state index in [1.54, 1.807) is 0 Å². The fraction of sp³-hybridized carbons (Fsp3) is 0.571. The molecule has 2 rings (SSSR count). The van der Waals surface area contributed by atoms with Crippen LogP contribution in [0, 0.1) is 0 Å². The fourth-order valence-electron chi connectivity index (χ4n) is 1.36. The van der Waals surface area contributed by atoms with Crippen molar-refractivity contribution in [2.45, 2.75) is 11.8 Å². The molecule has 1 aliphatic rings. The van der Waals surface area contributed by atoms with Gasteiger partial charge in [0.2, 0.25) is 5.95 Å². The Morgan fingerprint density at radius 1 is 1.35 bits per heavy atom. The summed E-state index contributed by atoms with van der Waals surface area (Å²) >= 11 is 5.47. The van der Waals surface area contributed by atoms with Gasteiger partial charge in [-0.15, -0.1) is 10.2 Å². The van der Waals surface area contributed by atoms with Gasteiger partial charge in [-0.2, -0.15) is 18.2 Å². The van der Waals surface area contributed by atoms with Crippen LogP contribution in [0.3, 0.4) is 0 Å². The van der Waals surface area contributed by atoms with E-state index in [4.69, 9.17) is 17.3 Å². The Morgan fingerprint density at radius 2 is 1.94 bits per heavy atom. The maximum atomic E-state index is 12.3. The minimum Gasteiger partial charge on any atom is -0.381 e. The van der Waals surface area contributed by atoms with Crippen molar-refractivity contribution >= 4 is 23.4 Å². The Kier molecular flexibility index (Phi) is 2.54. The van der Waals surface area contributed by atoms with E-state index in [0.29, 0.717) is 0 Å². The lowest BCUT2D eigenvalue weighted by molar-refractivity contribution is -0.267. The number of nitrogens with two attached hydrogens (primary N) is 1. The summed E-state index contributed by atoms with van der Waals surface area (Å²) in [5, 5.41) is 16.0. The molecule has 0 atom stereocenters. The number of nitrogen functional groups attached to an aromatic ring is 1. The highest BCUT2D eigenvalue weighted by Gasteiger charge is 2.61. The Balaban J connectivity index is 2.12. The molecular formula is C7H7ClF3N5O. The lowest BCUT2D eigenvalue weighted by Crippen LogP contribution is -2.69. The summed E-state index contributed by atoms with van der Waals surface area (Å²) in [5.74, 6) is -0.222. The lowest BCUT2D eigenvalue weighted by atomic mass is 9.94. The summed E-state index contributed by atoms with van der Waals surface area (Å²) in [4.78, 5) is 4.77. The van der Waals surface area contributed by atoms with Crippen LogP contribution in [-0.2, 0) is 0 Å². The summed E-state index contributed by atoms with van der Waals surface area (Å²) in [6, 6.07) is 0. The maximum absolute atomic E-state index is 12.3. The smallest absolute Gasteiger partial charge is 0.381 e. The van der Waals surface area contributed by atoms with Crippen LogP contribution in [0.15, 0.2) is 0 Å². The molecule has 1 aliphatic heterocycles. The van der Waals surface area contributed by atoms with Gasteiger partial charge in [-0.1, -0.05) is 11.6 Å². The summed E-state index contributed by atoms with van der Waals surface area (Å²) in [6.45, 7) is -1.31. The molecule has 2 heterocycles. The van der Waals surface area contributed by atoms with Gasteiger partial charge < -0.3 is 15.7 Å². The first-order valence-corrected chi connectivity index (χ1v) is 4.80. The highest BCUT2D eigenvalue weighted by molar-refractivity contribution is 6.31. The zero-order valence-corrected chi connectivity index (χ0v) is 9.00. The van der Waals surface area contributed by atoms with Crippen molar-refractivity contribution in [3.05, 3.63) is 5.15 Å². The number of anilines is 2. The molecule has 0 amide bonds. The van der Waals surface area contributed by atoms with Crippen molar-refractivity contribution < 1.29 is 18.3 Å². The molecule has 0 spiro atoms. The van der Waals surface area contributed by atoms with Crippen LogP contribution in [0.2, 0.25) is 5.15 Å². The van der Waals surface area contributed by atoms with Crippen molar-refractivity contribution in [2.75, 3.05) is 23.7 Å². The van der Waals surface area contributed by atoms with E-state index < -0.39 is 24.9 Å². The molecule has 0 bridgehead atoms. The average Bonchev–Trinajstić information content (AvgIpc) is 2.16. The summed E-state index contributed by atoms with van der Waals surface area (Å²) < 4.78 is 37.0. The van der Waals surface area contributed by atoms with Crippen molar-refractivity contribution in [2.24, 2.45) is 0 Å². The van der Waals surface area contributed by atoms with Crippen molar-refractivity contribution in [1.82, 2.24) is 15.2 Å². The number of aromatic nitrogens is 3. The number of nitrogens with zero attached hydrogens (tertiary/aromatic N) is 4. The lowest BCUT2D eigenvalue weighted by Gasteiger charge is -2.46. The Morgan fingerprint density at radius 3 is 2.41 bits per heavy atom. The van der Waals surface area contributed by atoms with Crippen molar-refractivity contribution in [3.63, 3.8) is 0 Å². The fourth-order valence-corrected chi connectivity index (χ4v) is 1.44. The molecule has 1 aromatic rings. The minimum absolute atomic E-state index is 0.0965. The summed E-state index contributed by atoms with van der Waals surface area (Å²) in [7, 11) is 0. The average molecular weight is 270 g/mol. The van der Waals surface area contributed by atoms with E-state index >= 15 is 0 Å². The quantitative estimate of drug-likeness (QED) is 0.758. The third-order valence-electron chi connectivity index (χ3n) is 2.37. The standard InChI is InChI=1S/C7H7ClF3N5O/c8-3-4(12)13-5(15-14-3)16-1-6(17,2-16)7(9,10)11/h17H,1-2H2,(H2,12,13,15). The van der Waals surface area contributed by atoms with Gasteiger partial charge in [-0.05, 0) is 0 Å². The number of alkyl halides is 3. The molecule has 3 N–H and O–H groups in total. The molecular weight excluding hydrogens is 263 g/mol. The zero-order chi connectivity index (χ0) is 12.8. The van der Waals surface area contributed by atoms with Crippen molar-refractivity contribution in [3.8, 4) is 0 Å². The first-order valence-electron chi connectivity index (χ1n) is 4.43. The van der Waals surface area contributed by atoms with Crippen LogP contribution >= 0.6 is 11.6 Å². The maximum Gasteiger partial charge on any atom is 0.420 e. The molecule has 0 aliphatic carbocycles. The largest absolute Gasteiger partial charge is 0.420 e. The highest BCUT2D eigenvalue weighted by atomic mass is 35.5. The van der Waals surface area contributed by atoms with Gasteiger partial charge in [0, 0.05) is 0 Å². The number of aliphatic hydroxyl groups is 1. The van der Waals surface area contributed by atoms with E-state index in [0.717, 1.165) is 4.90 Å². The van der Waals surface area contributed by atoms with Gasteiger partial charge in [-0.25, -0.2) is 0 Å². The van der Waals surface area contributed by atoms with Crippen LogP contribution < -0.4 is 10.6 Å². The molecule has 0 unspecified atom stereocenters. The molecule has 1 saturated heterocycles. The number of β-amino-alcohol motifs (C(OH)–C–C–N with tert-alkyl or cyclic N) is 1. The van der Waals surface area contributed by atoms with Crippen LogP contribution in [0.1, 0.15) is 0 Å². The minimum atomic E-state index is -4.69. The first kappa shape index (κ1) is 12.1. The Labute approximate surface area is 98.2 Å². The molecule has 6 nitrogen and oxygen atoms in total. The van der Waals surface area contributed by atoms with Gasteiger partial charge in [0.05, 0.1) is 13.1 Å². The van der Waals surface area contributed by atoms with Gasteiger partial charge >= 0.3 is 6.18 Å². The zero-order valence-electron chi connectivity index (χ0n) is 8.24. The highest BCUT2D eigenvalue weighted by Crippen LogP contribution is 2.38. The molecule has 94 valence electrons. The third kappa shape index (κ3) is 1.95. The Hall–Kier alpha value is -1.35. The van der Waals surface area contributed by atoms with E-state index in [1.165, 1.54) is 0 Å². The predicted molar refractivity (Wildman–Crippen MR) is 52.5 cm³/mol. The van der Waals surface area contributed by atoms with E-state index in [9.17, 15) is 18.3 Å². The summed E-state index contributed by atoms with van der Waals surface area (Å²) in [5.41, 5.74) is 2.60. The van der Waals surface area contributed by atoms with Crippen LogP contribution in [-0.4, -0.2) is 45.2 Å². The van der Waals surface area contributed by atoms with Crippen LogP contribution in [0.4, 0.5) is 24.9 Å². The van der Waals surface area contributed by atoms with E-state index in [2.05, 4.69) is 15.2 Å². The molecule has 17 heavy (non-hydrogen) atoms. The second kappa shape index (κ2) is 3.57. The molecule has 10 heteroatoms. The molecule has 0 aromatic carbocycles. The SMILES string of the molecule is Nc1nc(N2CC(O)(C(F)(F)F)C2)nnc1Cl. The topological polar surface area (TPSA) is 88.2 Å². The second-order valence-electron chi connectivity index (χ2n) is 3.67. The second-order valence-corrected chi connectivity index (χ2v) is 4.03. The van der Waals surface area contributed by atoms with Crippen LogP contribution in [0.25, 0.3) is 0 Å². The monoisotopic (exact) mass is 269 g/mol. The number of hydrogen-bond donors (Lipinski definition) is 2. The van der Waals surface area contributed by atoms with Gasteiger partial charge in [0.25, 0.3) is 0 Å². The first-order chi connectivity index (χ1) is 7.73. The number of halogens is 4. The van der Waals surface area contributed by atoms with Gasteiger partial charge in [0.1, 0.15) is 0 Å². The van der Waals surface area contributed by atoms with Gasteiger partial charge in [-0.3, -0.25) is 0 Å². The molecule has 1 fully saturated rings. The molecule has 0 radical (unpaired) electrons. The van der Waals surface area contributed by atoms with E-state index in [-0.39, 0.29) is 16.9 Å². The predicted octanol–water partition coefficient (Wildman–Crippen LogP) is 0.221. The van der Waals surface area contributed by atoms with Crippen LogP contribution in [0.5, 0.6) is 0 Å². The van der Waals surface area contributed by atoms with Gasteiger partial charge in [0.15, 0.2) is 16.6 Å². The normalized spacial score (nSPS) is 19.0. The van der Waals surface area contributed by atoms with Crippen molar-refractivity contribution in [1.29, 1.82) is 0 Å². The van der Waals surface area contributed by atoms with E-state index in [1.807, 2.05) is 0 Å². The number of rotatable bonds is 1.